The van der Waals surface area contributed by atoms with Gasteiger partial charge in [0.15, 0.2) is 0 Å². The Labute approximate surface area is 83.9 Å². The first-order chi connectivity index (χ1) is 6.56. The summed E-state index contributed by atoms with van der Waals surface area (Å²) in [4.78, 5) is 21.7. The lowest BCUT2D eigenvalue weighted by molar-refractivity contribution is -0.143. The van der Waals surface area contributed by atoms with Crippen LogP contribution in [0.5, 0.6) is 0 Å². The Balaban J connectivity index is 2.78. The van der Waals surface area contributed by atoms with Crippen LogP contribution >= 0.6 is 0 Å². The Morgan fingerprint density at radius 3 is 2.93 bits per heavy atom. The van der Waals surface area contributed by atoms with Crippen LogP contribution in [0.15, 0.2) is 0 Å². The first-order valence-electron chi connectivity index (χ1n) is 4.21. The standard InChI is InChI=1S/C7H12N2O4S/c1-2-14(13)9-4-6(10)8-3-5(9)7(11)12/h5H,2-4H2,1H3,(H,8,10)(H,11,12). The van der Waals surface area contributed by atoms with Gasteiger partial charge in [-0.25, -0.2) is 4.21 Å². The summed E-state index contributed by atoms with van der Waals surface area (Å²) in [6, 6.07) is -0.881. The van der Waals surface area contributed by atoms with Crippen molar-refractivity contribution in [1.82, 2.24) is 9.62 Å². The van der Waals surface area contributed by atoms with Crippen LogP contribution in [-0.2, 0) is 20.6 Å². The van der Waals surface area contributed by atoms with E-state index in [0.29, 0.717) is 5.75 Å². The second kappa shape index (κ2) is 4.52. The molecule has 2 N–H and O–H groups in total. The van der Waals surface area contributed by atoms with Crippen molar-refractivity contribution >= 4 is 22.9 Å². The second-order valence-electron chi connectivity index (χ2n) is 2.84. The van der Waals surface area contributed by atoms with Crippen LogP contribution in [0.1, 0.15) is 6.92 Å². The number of carbonyl (C=O) groups is 2. The highest BCUT2D eigenvalue weighted by Gasteiger charge is 2.34. The summed E-state index contributed by atoms with van der Waals surface area (Å²) < 4.78 is 12.6. The number of aliphatic carboxylic acids is 1. The highest BCUT2D eigenvalue weighted by atomic mass is 32.2. The van der Waals surface area contributed by atoms with E-state index in [1.807, 2.05) is 0 Å². The Hall–Kier alpha value is -0.950. The van der Waals surface area contributed by atoms with E-state index in [4.69, 9.17) is 5.11 Å². The van der Waals surface area contributed by atoms with Gasteiger partial charge in [-0.05, 0) is 0 Å². The van der Waals surface area contributed by atoms with Crippen LogP contribution in [0, 0.1) is 0 Å². The minimum absolute atomic E-state index is 0.0138. The van der Waals surface area contributed by atoms with Crippen molar-refractivity contribution in [3.05, 3.63) is 0 Å². The van der Waals surface area contributed by atoms with E-state index in [1.54, 1.807) is 6.92 Å². The van der Waals surface area contributed by atoms with Gasteiger partial charge in [-0.2, -0.15) is 4.31 Å². The molecule has 1 aliphatic rings. The first-order valence-corrected chi connectivity index (χ1v) is 5.48. The van der Waals surface area contributed by atoms with Gasteiger partial charge in [0.25, 0.3) is 0 Å². The highest BCUT2D eigenvalue weighted by molar-refractivity contribution is 7.82. The number of nitrogens with one attached hydrogen (secondary N) is 1. The zero-order chi connectivity index (χ0) is 10.7. The summed E-state index contributed by atoms with van der Waals surface area (Å²) in [7, 11) is -1.39. The number of rotatable bonds is 3. The largest absolute Gasteiger partial charge is 0.480 e. The summed E-state index contributed by atoms with van der Waals surface area (Å²) >= 11 is 0. The van der Waals surface area contributed by atoms with Gasteiger partial charge in [-0.3, -0.25) is 9.59 Å². The predicted molar refractivity (Wildman–Crippen MR) is 49.8 cm³/mol. The van der Waals surface area contributed by atoms with Gasteiger partial charge in [-0.15, -0.1) is 0 Å². The number of piperazine rings is 1. The van der Waals surface area contributed by atoms with Crippen LogP contribution in [-0.4, -0.2) is 50.4 Å². The molecule has 0 saturated carbocycles. The number of carbonyl (C=O) groups excluding carboxylic acids is 1. The van der Waals surface area contributed by atoms with Gasteiger partial charge in [-0.1, -0.05) is 6.92 Å². The number of amides is 1. The van der Waals surface area contributed by atoms with Gasteiger partial charge in [0.05, 0.1) is 17.5 Å². The molecule has 7 heteroatoms. The maximum atomic E-state index is 11.4. The molecule has 6 nitrogen and oxygen atoms in total. The molecule has 0 aromatic heterocycles. The molecule has 1 fully saturated rings. The molecular formula is C7H12N2O4S. The fourth-order valence-electron chi connectivity index (χ4n) is 1.21. The van der Waals surface area contributed by atoms with Crippen molar-refractivity contribution in [2.24, 2.45) is 0 Å². The lowest BCUT2D eigenvalue weighted by Crippen LogP contribution is -2.58. The summed E-state index contributed by atoms with van der Waals surface area (Å²) in [6.07, 6.45) is 0. The minimum Gasteiger partial charge on any atom is -0.480 e. The second-order valence-corrected chi connectivity index (χ2v) is 4.53. The third-order valence-corrected chi connectivity index (χ3v) is 3.33. The monoisotopic (exact) mass is 220 g/mol. The van der Waals surface area contributed by atoms with E-state index in [9.17, 15) is 13.8 Å². The lowest BCUT2D eigenvalue weighted by atomic mass is 10.2. The van der Waals surface area contributed by atoms with Crippen LogP contribution in [0.25, 0.3) is 0 Å². The normalized spacial score (nSPS) is 25.5. The fraction of sp³-hybridized carbons (Fsp3) is 0.714. The molecule has 0 spiro atoms. The number of carboxylic acid groups (broad SMARTS) is 1. The van der Waals surface area contributed by atoms with Gasteiger partial charge in [0, 0.05) is 12.3 Å². The number of nitrogens with zero attached hydrogens (tertiary/aromatic N) is 1. The van der Waals surface area contributed by atoms with E-state index >= 15 is 0 Å². The van der Waals surface area contributed by atoms with Crippen molar-refractivity contribution < 1.29 is 18.9 Å². The molecule has 2 atom stereocenters. The topological polar surface area (TPSA) is 86.7 Å². The average Bonchev–Trinajstić information content (AvgIpc) is 2.16. The summed E-state index contributed by atoms with van der Waals surface area (Å²) in [6.45, 7) is 1.58. The average molecular weight is 220 g/mol. The van der Waals surface area contributed by atoms with Crippen LogP contribution in [0.4, 0.5) is 0 Å². The molecule has 0 aromatic rings. The molecule has 1 rings (SSSR count). The third-order valence-electron chi connectivity index (χ3n) is 1.93. The van der Waals surface area contributed by atoms with Crippen molar-refractivity contribution in [2.45, 2.75) is 13.0 Å². The van der Waals surface area contributed by atoms with Crippen LogP contribution < -0.4 is 5.32 Å². The maximum absolute atomic E-state index is 11.4. The molecule has 1 saturated heterocycles. The fourth-order valence-corrected chi connectivity index (χ4v) is 2.25. The van der Waals surface area contributed by atoms with Crippen LogP contribution in [0.2, 0.25) is 0 Å². The molecular weight excluding hydrogens is 208 g/mol. The Bertz CT molecular complexity index is 281. The molecule has 1 aliphatic heterocycles. The smallest absolute Gasteiger partial charge is 0.323 e. The zero-order valence-electron chi connectivity index (χ0n) is 7.73. The molecule has 0 aromatic carbocycles. The molecule has 14 heavy (non-hydrogen) atoms. The molecule has 0 bridgehead atoms. The quantitative estimate of drug-likeness (QED) is 0.609. The Morgan fingerprint density at radius 1 is 1.79 bits per heavy atom. The van der Waals surface area contributed by atoms with E-state index < -0.39 is 23.0 Å². The van der Waals surface area contributed by atoms with Gasteiger partial charge >= 0.3 is 5.97 Å². The van der Waals surface area contributed by atoms with E-state index in [2.05, 4.69) is 5.32 Å². The number of hydrogen-bond acceptors (Lipinski definition) is 3. The van der Waals surface area contributed by atoms with Gasteiger partial charge in [0.1, 0.15) is 6.04 Å². The van der Waals surface area contributed by atoms with Gasteiger partial charge < -0.3 is 10.4 Å². The Morgan fingerprint density at radius 2 is 2.43 bits per heavy atom. The highest BCUT2D eigenvalue weighted by Crippen LogP contribution is 2.07. The molecule has 0 radical (unpaired) electrons. The molecule has 80 valence electrons. The minimum atomic E-state index is -1.39. The molecule has 0 aliphatic carbocycles. The summed E-state index contributed by atoms with van der Waals surface area (Å²) in [5.74, 6) is -1.03. The van der Waals surface area contributed by atoms with E-state index in [-0.39, 0.29) is 19.0 Å². The maximum Gasteiger partial charge on any atom is 0.323 e. The molecule has 1 amide bonds. The van der Waals surface area contributed by atoms with E-state index in [0.717, 1.165) is 0 Å². The summed E-state index contributed by atoms with van der Waals surface area (Å²) in [5.41, 5.74) is 0. The van der Waals surface area contributed by atoms with Crippen molar-refractivity contribution in [3.63, 3.8) is 0 Å². The molecule has 1 heterocycles. The Kier molecular flexibility index (Phi) is 3.59. The predicted octanol–water partition coefficient (Wildman–Crippen LogP) is -1.44. The lowest BCUT2D eigenvalue weighted by Gasteiger charge is -2.30. The van der Waals surface area contributed by atoms with Crippen molar-refractivity contribution in [2.75, 3.05) is 18.8 Å². The third kappa shape index (κ3) is 2.30. The number of hydrogen-bond donors (Lipinski definition) is 2. The molecule has 2 unspecified atom stereocenters. The van der Waals surface area contributed by atoms with Crippen molar-refractivity contribution in [3.8, 4) is 0 Å². The van der Waals surface area contributed by atoms with E-state index in [1.165, 1.54) is 4.31 Å². The van der Waals surface area contributed by atoms with Gasteiger partial charge in [0.2, 0.25) is 5.91 Å². The van der Waals surface area contributed by atoms with Crippen molar-refractivity contribution in [1.29, 1.82) is 0 Å². The number of carboxylic acids is 1. The zero-order valence-corrected chi connectivity index (χ0v) is 8.54. The summed E-state index contributed by atoms with van der Waals surface area (Å²) in [5, 5.41) is 11.2. The van der Waals surface area contributed by atoms with Crippen LogP contribution in [0.3, 0.4) is 0 Å². The SMILES string of the molecule is CCS(=O)N1CC(=O)NCC1C(=O)O. The first kappa shape index (κ1) is 11.1.